The molecule has 1 aromatic carbocycles. The summed E-state index contributed by atoms with van der Waals surface area (Å²) in [6, 6.07) is 5.27. The Balaban J connectivity index is 1.59. The fourth-order valence-electron chi connectivity index (χ4n) is 2.11. The molecular weight excluding hydrogens is 379 g/mol. The minimum absolute atomic E-state index is 0.104. The van der Waals surface area contributed by atoms with Crippen LogP contribution in [0.2, 0.25) is 0 Å². The van der Waals surface area contributed by atoms with Gasteiger partial charge in [0.2, 0.25) is 5.13 Å². The zero-order valence-electron chi connectivity index (χ0n) is 12.7. The highest BCUT2D eigenvalue weighted by molar-refractivity contribution is 8.02. The minimum Gasteiger partial charge on any atom is -0.462 e. The number of aromatic nitrogens is 2. The third-order valence-electron chi connectivity index (χ3n) is 3.11. The second-order valence-corrected chi connectivity index (χ2v) is 7.59. The zero-order valence-corrected chi connectivity index (χ0v) is 14.4. The number of thioether (sulfide) groups is 1. The van der Waals surface area contributed by atoms with E-state index in [1.54, 1.807) is 0 Å². The molecule has 1 fully saturated rings. The average molecular weight is 391 g/mol. The molecule has 6 nitrogen and oxygen atoms in total. The summed E-state index contributed by atoms with van der Waals surface area (Å²) in [6.07, 6.45) is -4.21. The predicted octanol–water partition coefficient (Wildman–Crippen LogP) is 3.98. The third kappa shape index (κ3) is 4.98. The lowest BCUT2D eigenvalue weighted by molar-refractivity contribution is -0.274. The first-order chi connectivity index (χ1) is 11.8. The molecule has 3 rings (SSSR count). The van der Waals surface area contributed by atoms with E-state index < -0.39 is 6.36 Å². The highest BCUT2D eigenvalue weighted by Gasteiger charge is 2.33. The molecule has 0 spiro atoms. The van der Waals surface area contributed by atoms with Crippen LogP contribution in [0.1, 0.15) is 13.3 Å². The number of benzene rings is 1. The maximum Gasteiger partial charge on any atom is 0.573 e. The number of alkyl halides is 3. The van der Waals surface area contributed by atoms with E-state index in [4.69, 9.17) is 4.74 Å². The summed E-state index contributed by atoms with van der Waals surface area (Å²) in [5.74, 6) is -0.567. The molecule has 0 saturated carbocycles. The van der Waals surface area contributed by atoms with Gasteiger partial charge in [0.25, 0.3) is 0 Å². The third-order valence-corrected chi connectivity index (χ3v) is 5.24. The van der Waals surface area contributed by atoms with E-state index in [2.05, 4.69) is 20.3 Å². The molecule has 11 heteroatoms. The van der Waals surface area contributed by atoms with Crippen molar-refractivity contribution in [1.82, 2.24) is 10.2 Å². The van der Waals surface area contributed by atoms with E-state index in [0.717, 1.165) is 0 Å². The molecule has 134 valence electrons. The van der Waals surface area contributed by atoms with Crippen LogP contribution in [-0.2, 0) is 9.53 Å². The molecule has 1 saturated heterocycles. The van der Waals surface area contributed by atoms with Crippen molar-refractivity contribution in [3.8, 4) is 5.75 Å². The first-order valence-electron chi connectivity index (χ1n) is 7.12. The number of anilines is 2. The maximum atomic E-state index is 12.1. The van der Waals surface area contributed by atoms with Crippen LogP contribution in [-0.4, -0.2) is 33.9 Å². The van der Waals surface area contributed by atoms with Gasteiger partial charge in [0.05, 0.1) is 0 Å². The number of hydrogen-bond acceptors (Lipinski definition) is 8. The Morgan fingerprint density at radius 1 is 1.32 bits per heavy atom. The molecule has 0 amide bonds. The molecule has 25 heavy (non-hydrogen) atoms. The van der Waals surface area contributed by atoms with Gasteiger partial charge in [-0.3, -0.25) is 4.79 Å². The fraction of sp³-hybridized carbons (Fsp3) is 0.357. The maximum absolute atomic E-state index is 12.1. The fourth-order valence-corrected chi connectivity index (χ4v) is 4.23. The largest absolute Gasteiger partial charge is 0.573 e. The normalized spacial score (nSPS) is 20.4. The van der Waals surface area contributed by atoms with Gasteiger partial charge in [-0.25, -0.2) is 0 Å². The molecule has 2 heterocycles. The van der Waals surface area contributed by atoms with Crippen LogP contribution in [0.4, 0.5) is 24.0 Å². The number of rotatable bonds is 5. The van der Waals surface area contributed by atoms with Gasteiger partial charge in [-0.05, 0) is 31.2 Å². The summed E-state index contributed by atoms with van der Waals surface area (Å²) in [7, 11) is 0. The summed E-state index contributed by atoms with van der Waals surface area (Å²) in [4.78, 5) is 11.6. The average Bonchev–Trinajstić information content (AvgIpc) is 3.06. The summed E-state index contributed by atoms with van der Waals surface area (Å²) in [6.45, 7) is 1.83. The van der Waals surface area contributed by atoms with Crippen molar-refractivity contribution in [2.24, 2.45) is 0 Å². The SMILES string of the molecule is C[C@H]1C[C@@H](Sc2nnc(Nc3ccc(OC(F)(F)F)cc3)s2)C(=O)O1. The monoisotopic (exact) mass is 391 g/mol. The van der Waals surface area contributed by atoms with E-state index in [0.29, 0.717) is 21.6 Å². The number of carbonyl (C=O) groups excluding carboxylic acids is 1. The van der Waals surface area contributed by atoms with Crippen molar-refractivity contribution in [2.45, 2.75) is 35.4 Å². The second-order valence-electron chi connectivity index (χ2n) is 5.16. The van der Waals surface area contributed by atoms with Gasteiger partial charge in [-0.15, -0.1) is 23.4 Å². The van der Waals surface area contributed by atoms with Crippen molar-refractivity contribution in [3.05, 3.63) is 24.3 Å². The van der Waals surface area contributed by atoms with Crippen LogP contribution in [0, 0.1) is 0 Å². The minimum atomic E-state index is -4.72. The molecule has 1 aliphatic rings. The van der Waals surface area contributed by atoms with Gasteiger partial charge < -0.3 is 14.8 Å². The summed E-state index contributed by atoms with van der Waals surface area (Å²) >= 11 is 2.53. The molecule has 2 aromatic rings. The molecule has 1 aromatic heterocycles. The summed E-state index contributed by atoms with van der Waals surface area (Å²) < 4.78 is 45.9. The number of esters is 1. The van der Waals surface area contributed by atoms with Crippen LogP contribution < -0.4 is 10.1 Å². The van der Waals surface area contributed by atoms with E-state index in [1.807, 2.05) is 6.92 Å². The number of hydrogen-bond donors (Lipinski definition) is 1. The number of ether oxygens (including phenoxy) is 2. The molecule has 1 aliphatic heterocycles. The van der Waals surface area contributed by atoms with Crippen molar-refractivity contribution in [3.63, 3.8) is 0 Å². The summed E-state index contributed by atoms with van der Waals surface area (Å²) in [5.41, 5.74) is 0.538. The van der Waals surface area contributed by atoms with Gasteiger partial charge in [-0.2, -0.15) is 0 Å². The van der Waals surface area contributed by atoms with Crippen LogP contribution in [0.5, 0.6) is 5.75 Å². The van der Waals surface area contributed by atoms with Crippen LogP contribution in [0.15, 0.2) is 28.6 Å². The summed E-state index contributed by atoms with van der Waals surface area (Å²) in [5, 5.41) is 11.0. The lowest BCUT2D eigenvalue weighted by Gasteiger charge is -2.09. The van der Waals surface area contributed by atoms with Gasteiger partial charge in [0.15, 0.2) is 4.34 Å². The van der Waals surface area contributed by atoms with Gasteiger partial charge in [0, 0.05) is 12.1 Å². The first-order valence-corrected chi connectivity index (χ1v) is 8.81. The molecule has 0 bridgehead atoms. The highest BCUT2D eigenvalue weighted by Crippen LogP contribution is 2.35. The standard InChI is InChI=1S/C14H12F3N3O3S2/c1-7-6-10(11(21)22-7)24-13-20-19-12(25-13)18-8-2-4-9(5-3-8)23-14(15,16)17/h2-5,7,10H,6H2,1H3,(H,18,19)/t7-,10+/m0/s1. The van der Waals surface area contributed by atoms with E-state index in [9.17, 15) is 18.0 Å². The smallest absolute Gasteiger partial charge is 0.462 e. The number of cyclic esters (lactones) is 1. The second kappa shape index (κ2) is 7.08. The Labute approximate surface area is 148 Å². The number of nitrogens with zero attached hydrogens (tertiary/aromatic N) is 2. The Hall–Kier alpha value is -2.01. The van der Waals surface area contributed by atoms with Crippen LogP contribution >= 0.6 is 23.1 Å². The Morgan fingerprint density at radius 3 is 2.64 bits per heavy atom. The van der Waals surface area contributed by atoms with Crippen LogP contribution in [0.3, 0.4) is 0 Å². The lowest BCUT2D eigenvalue weighted by Crippen LogP contribution is -2.16. The Morgan fingerprint density at radius 2 is 2.04 bits per heavy atom. The Bertz CT molecular complexity index is 752. The number of halogens is 3. The van der Waals surface area contributed by atoms with Crippen molar-refractivity contribution in [1.29, 1.82) is 0 Å². The topological polar surface area (TPSA) is 73.3 Å². The number of carbonyl (C=O) groups is 1. The van der Waals surface area contributed by atoms with Gasteiger partial charge in [-0.1, -0.05) is 23.1 Å². The van der Waals surface area contributed by atoms with Crippen molar-refractivity contribution >= 4 is 39.9 Å². The quantitative estimate of drug-likeness (QED) is 0.773. The molecule has 2 atom stereocenters. The highest BCUT2D eigenvalue weighted by atomic mass is 32.2. The molecule has 0 unspecified atom stereocenters. The molecule has 0 aliphatic carbocycles. The van der Waals surface area contributed by atoms with E-state index in [-0.39, 0.29) is 23.1 Å². The van der Waals surface area contributed by atoms with E-state index >= 15 is 0 Å². The van der Waals surface area contributed by atoms with Gasteiger partial charge >= 0.3 is 12.3 Å². The van der Waals surface area contributed by atoms with Gasteiger partial charge in [0.1, 0.15) is 17.1 Å². The first kappa shape index (κ1) is 17.8. The molecular formula is C14H12F3N3O3S2. The Kier molecular flexibility index (Phi) is 5.04. The predicted molar refractivity (Wildman–Crippen MR) is 86.1 cm³/mol. The molecule has 1 N–H and O–H groups in total. The van der Waals surface area contributed by atoms with Crippen LogP contribution in [0.25, 0.3) is 0 Å². The van der Waals surface area contributed by atoms with Crippen molar-refractivity contribution in [2.75, 3.05) is 5.32 Å². The zero-order chi connectivity index (χ0) is 18.0. The van der Waals surface area contributed by atoms with E-state index in [1.165, 1.54) is 47.4 Å². The lowest BCUT2D eigenvalue weighted by atomic mass is 10.3. The molecule has 0 radical (unpaired) electrons. The number of nitrogens with one attached hydrogen (secondary N) is 1. The van der Waals surface area contributed by atoms with Crippen molar-refractivity contribution < 1.29 is 27.4 Å².